The van der Waals surface area contributed by atoms with Crippen molar-refractivity contribution in [2.75, 3.05) is 24.9 Å². The smallest absolute Gasteiger partial charge is 0.348 e. The van der Waals surface area contributed by atoms with Gasteiger partial charge in [0.05, 0.1) is 30.9 Å². The Morgan fingerprint density at radius 2 is 1.93 bits per heavy atom. The van der Waals surface area contributed by atoms with Crippen LogP contribution in [0.5, 0.6) is 0 Å². The fraction of sp³-hybridized carbons (Fsp3) is 0.565. The Bertz CT molecular complexity index is 820. The molecule has 1 saturated heterocycles. The summed E-state index contributed by atoms with van der Waals surface area (Å²) in [5, 5.41) is 9.90. The summed E-state index contributed by atoms with van der Waals surface area (Å²) in [4.78, 5) is 28.3. The van der Waals surface area contributed by atoms with Crippen molar-refractivity contribution in [1.29, 1.82) is 0 Å². The number of carbonyl (C=O) groups is 2. The van der Waals surface area contributed by atoms with E-state index in [1.54, 1.807) is 4.90 Å². The van der Waals surface area contributed by atoms with Crippen molar-refractivity contribution in [2.24, 2.45) is 11.8 Å². The number of carboxylic acids is 1. The molecule has 0 radical (unpaired) electrons. The third kappa shape index (κ3) is 5.39. The minimum absolute atomic E-state index is 0.143. The van der Waals surface area contributed by atoms with Crippen molar-refractivity contribution in [1.82, 2.24) is 0 Å². The summed E-state index contributed by atoms with van der Waals surface area (Å²) in [5.41, 5.74) is 1.62. The summed E-state index contributed by atoms with van der Waals surface area (Å²) in [7, 11) is 0. The molecule has 2 aliphatic rings. The van der Waals surface area contributed by atoms with E-state index in [0.29, 0.717) is 24.8 Å². The molecular formula is C23H31NO5S. The van der Waals surface area contributed by atoms with Gasteiger partial charge in [0.1, 0.15) is 11.7 Å². The molecule has 0 bridgehead atoms. The van der Waals surface area contributed by atoms with E-state index in [9.17, 15) is 14.7 Å². The highest BCUT2D eigenvalue weighted by atomic mass is 32.1. The lowest BCUT2D eigenvalue weighted by molar-refractivity contribution is -0.128. The number of aromatic carboxylic acids is 1. The van der Waals surface area contributed by atoms with Crippen LogP contribution >= 0.6 is 11.3 Å². The Kier molecular flexibility index (Phi) is 7.86. The van der Waals surface area contributed by atoms with E-state index < -0.39 is 5.97 Å². The minimum atomic E-state index is -1.02. The van der Waals surface area contributed by atoms with E-state index in [0.717, 1.165) is 30.6 Å². The Morgan fingerprint density at radius 1 is 1.20 bits per heavy atom. The minimum Gasteiger partial charge on any atom is -0.477 e. The maximum absolute atomic E-state index is 13.5. The first-order valence-corrected chi connectivity index (χ1v) is 11.4. The van der Waals surface area contributed by atoms with Crippen LogP contribution < -0.4 is 4.90 Å². The number of carbonyl (C=O) groups excluding carboxylic acids is 1. The van der Waals surface area contributed by atoms with Crippen molar-refractivity contribution >= 4 is 34.5 Å². The SMILES string of the molecule is CC(C)/C=C/C(C)C(=O)N(c1cc(C2=CCCCC2)sc1C(=O)O)C1COCOC1. The van der Waals surface area contributed by atoms with Gasteiger partial charge < -0.3 is 19.5 Å². The molecule has 30 heavy (non-hydrogen) atoms. The van der Waals surface area contributed by atoms with E-state index in [1.165, 1.54) is 16.9 Å². The highest BCUT2D eigenvalue weighted by Gasteiger charge is 2.34. The van der Waals surface area contributed by atoms with Gasteiger partial charge in [0.25, 0.3) is 0 Å². The number of rotatable bonds is 7. The van der Waals surface area contributed by atoms with E-state index in [-0.39, 0.29) is 29.5 Å². The lowest BCUT2D eigenvalue weighted by Gasteiger charge is -2.35. The molecule has 1 aromatic rings. The molecule has 1 atom stereocenters. The molecule has 1 aromatic heterocycles. The van der Waals surface area contributed by atoms with Crippen LogP contribution in [-0.2, 0) is 14.3 Å². The Balaban J connectivity index is 2.01. The first kappa shape index (κ1) is 22.7. The predicted octanol–water partition coefficient (Wildman–Crippen LogP) is 4.96. The van der Waals surface area contributed by atoms with Gasteiger partial charge in [-0.1, -0.05) is 39.0 Å². The second-order valence-electron chi connectivity index (χ2n) is 8.24. The van der Waals surface area contributed by atoms with Crippen molar-refractivity contribution in [3.63, 3.8) is 0 Å². The highest BCUT2D eigenvalue weighted by molar-refractivity contribution is 7.15. The molecule has 1 aliphatic carbocycles. The molecule has 6 nitrogen and oxygen atoms in total. The van der Waals surface area contributed by atoms with E-state index in [1.807, 2.05) is 25.1 Å². The zero-order chi connectivity index (χ0) is 21.7. The number of carboxylic acid groups (broad SMARTS) is 1. The van der Waals surface area contributed by atoms with Gasteiger partial charge in [-0.3, -0.25) is 4.79 Å². The first-order valence-electron chi connectivity index (χ1n) is 10.6. The number of ether oxygens (including phenoxy) is 2. The van der Waals surface area contributed by atoms with Crippen LogP contribution in [0.25, 0.3) is 5.57 Å². The summed E-state index contributed by atoms with van der Waals surface area (Å²) in [6.07, 6.45) is 10.3. The van der Waals surface area contributed by atoms with Crippen LogP contribution in [0, 0.1) is 11.8 Å². The summed E-state index contributed by atoms with van der Waals surface area (Å²) >= 11 is 1.25. The monoisotopic (exact) mass is 433 g/mol. The Morgan fingerprint density at radius 3 is 2.53 bits per heavy atom. The molecule has 3 rings (SSSR count). The lowest BCUT2D eigenvalue weighted by Crippen LogP contribution is -2.50. The van der Waals surface area contributed by atoms with Crippen LogP contribution in [0.4, 0.5) is 5.69 Å². The maximum atomic E-state index is 13.5. The predicted molar refractivity (Wildman–Crippen MR) is 119 cm³/mol. The van der Waals surface area contributed by atoms with Gasteiger partial charge in [0.15, 0.2) is 0 Å². The van der Waals surface area contributed by atoms with Crippen molar-refractivity contribution in [3.05, 3.63) is 34.0 Å². The van der Waals surface area contributed by atoms with Crippen molar-refractivity contribution < 1.29 is 24.2 Å². The van der Waals surface area contributed by atoms with Gasteiger partial charge in [-0.2, -0.15) is 0 Å². The highest BCUT2D eigenvalue weighted by Crippen LogP contribution is 2.39. The standard InChI is InChI=1S/C23H31NO5S/c1-15(2)9-10-16(3)22(25)24(18-12-28-14-29-13-18)19-11-20(30-21(19)23(26)27)17-7-5-4-6-8-17/h7,9-11,15-16,18H,4-6,8,12-14H2,1-3H3,(H,26,27)/b10-9+. The van der Waals surface area contributed by atoms with Crippen molar-refractivity contribution in [2.45, 2.75) is 52.5 Å². The van der Waals surface area contributed by atoms with Crippen LogP contribution in [0.15, 0.2) is 24.3 Å². The zero-order valence-corrected chi connectivity index (χ0v) is 18.7. The number of hydrogen-bond donors (Lipinski definition) is 1. The second-order valence-corrected chi connectivity index (χ2v) is 9.30. The number of allylic oxidation sites excluding steroid dienone is 3. The first-order chi connectivity index (χ1) is 14.4. The van der Waals surface area contributed by atoms with Crippen LogP contribution in [-0.4, -0.2) is 43.0 Å². The van der Waals surface area contributed by atoms with Crippen LogP contribution in [0.2, 0.25) is 0 Å². The topological polar surface area (TPSA) is 76.1 Å². The van der Waals surface area contributed by atoms with Gasteiger partial charge in [-0.25, -0.2) is 4.79 Å². The Labute approximate surface area is 182 Å². The lowest BCUT2D eigenvalue weighted by atomic mass is 9.98. The Hall–Kier alpha value is -1.96. The second kappa shape index (κ2) is 10.4. The van der Waals surface area contributed by atoms with Crippen LogP contribution in [0.3, 0.4) is 0 Å². The number of thiophene rings is 1. The van der Waals surface area contributed by atoms with Gasteiger partial charge in [0, 0.05) is 4.88 Å². The molecule has 1 aliphatic heterocycles. The maximum Gasteiger partial charge on any atom is 0.348 e. The quantitative estimate of drug-likeness (QED) is 0.615. The fourth-order valence-electron chi connectivity index (χ4n) is 3.74. The summed E-state index contributed by atoms with van der Waals surface area (Å²) in [5.74, 6) is -1.21. The molecule has 1 N–H and O–H groups in total. The summed E-state index contributed by atoms with van der Waals surface area (Å²) in [6.45, 7) is 6.78. The van der Waals surface area contributed by atoms with Crippen molar-refractivity contribution in [3.8, 4) is 0 Å². The van der Waals surface area contributed by atoms with Crippen LogP contribution in [0.1, 0.15) is 61.0 Å². The summed E-state index contributed by atoms with van der Waals surface area (Å²) < 4.78 is 10.9. The molecule has 1 unspecified atom stereocenters. The van der Waals surface area contributed by atoms with E-state index >= 15 is 0 Å². The van der Waals surface area contributed by atoms with Gasteiger partial charge in [0.2, 0.25) is 5.91 Å². The molecule has 0 spiro atoms. The van der Waals surface area contributed by atoms with E-state index in [2.05, 4.69) is 19.9 Å². The van der Waals surface area contributed by atoms with Gasteiger partial charge in [-0.05, 0) is 43.2 Å². The normalized spacial score (nSPS) is 19.1. The average Bonchev–Trinajstić information content (AvgIpc) is 3.19. The molecular weight excluding hydrogens is 402 g/mol. The van der Waals surface area contributed by atoms with Gasteiger partial charge >= 0.3 is 5.97 Å². The number of anilines is 1. The van der Waals surface area contributed by atoms with E-state index in [4.69, 9.17) is 9.47 Å². The number of hydrogen-bond acceptors (Lipinski definition) is 5. The molecule has 0 aromatic carbocycles. The number of amides is 1. The van der Waals surface area contributed by atoms with Gasteiger partial charge in [-0.15, -0.1) is 11.3 Å². The molecule has 7 heteroatoms. The molecule has 0 saturated carbocycles. The third-order valence-corrected chi connectivity index (χ3v) is 6.53. The molecule has 1 amide bonds. The zero-order valence-electron chi connectivity index (χ0n) is 17.9. The largest absolute Gasteiger partial charge is 0.477 e. The average molecular weight is 434 g/mol. The summed E-state index contributed by atoms with van der Waals surface area (Å²) in [6, 6.07) is 1.51. The third-order valence-electron chi connectivity index (χ3n) is 5.34. The molecule has 164 valence electrons. The fourth-order valence-corrected chi connectivity index (χ4v) is 4.80. The molecule has 1 fully saturated rings. The molecule has 2 heterocycles. The number of nitrogens with zero attached hydrogens (tertiary/aromatic N) is 1.